The number of rotatable bonds is 5. The average molecular weight is 277 g/mol. The molecular formula is C12H14F3NO3. The van der Waals surface area contributed by atoms with E-state index in [9.17, 15) is 18.0 Å². The number of alkyl halides is 3. The predicted octanol–water partition coefficient (Wildman–Crippen LogP) is 2.44. The van der Waals surface area contributed by atoms with E-state index in [4.69, 9.17) is 10.2 Å². The third-order valence-corrected chi connectivity index (χ3v) is 2.53. The first-order valence-electron chi connectivity index (χ1n) is 5.55. The fraction of sp³-hybridized carbons (Fsp3) is 0.417. The van der Waals surface area contributed by atoms with Crippen molar-refractivity contribution < 1.29 is 28.2 Å². The number of anilines is 1. The lowest BCUT2D eigenvalue weighted by Gasteiger charge is -2.15. The van der Waals surface area contributed by atoms with Gasteiger partial charge in [0.05, 0.1) is 11.1 Å². The van der Waals surface area contributed by atoms with E-state index in [2.05, 4.69) is 5.32 Å². The van der Waals surface area contributed by atoms with Gasteiger partial charge in [0.25, 0.3) is 0 Å². The molecule has 0 aliphatic heterocycles. The summed E-state index contributed by atoms with van der Waals surface area (Å²) in [7, 11) is 0. The van der Waals surface area contributed by atoms with E-state index in [1.807, 2.05) is 0 Å². The van der Waals surface area contributed by atoms with Crippen LogP contribution in [0, 0.1) is 5.92 Å². The van der Waals surface area contributed by atoms with Crippen LogP contribution in [0.25, 0.3) is 0 Å². The van der Waals surface area contributed by atoms with Crippen molar-refractivity contribution in [3.63, 3.8) is 0 Å². The van der Waals surface area contributed by atoms with Gasteiger partial charge in [-0.2, -0.15) is 13.2 Å². The molecule has 4 nitrogen and oxygen atoms in total. The standard InChI is InChI=1S/C12H14F3NO3/c1-7(6-17)5-16-10-3-2-8(12(13,14)15)4-9(10)11(18)19/h2-4,7,16-17H,5-6H2,1H3,(H,18,19). The highest BCUT2D eigenvalue weighted by Crippen LogP contribution is 2.31. The quantitative estimate of drug-likeness (QED) is 0.773. The first-order chi connectivity index (χ1) is 8.75. The van der Waals surface area contributed by atoms with E-state index in [-0.39, 0.29) is 24.8 Å². The topological polar surface area (TPSA) is 69.6 Å². The zero-order valence-electron chi connectivity index (χ0n) is 10.2. The number of aromatic carboxylic acids is 1. The molecule has 1 unspecified atom stereocenters. The van der Waals surface area contributed by atoms with Gasteiger partial charge in [-0.25, -0.2) is 4.79 Å². The smallest absolute Gasteiger partial charge is 0.416 e. The largest absolute Gasteiger partial charge is 0.478 e. The van der Waals surface area contributed by atoms with Gasteiger partial charge in [0, 0.05) is 18.8 Å². The fourth-order valence-electron chi connectivity index (χ4n) is 1.40. The van der Waals surface area contributed by atoms with E-state index in [0.717, 1.165) is 12.1 Å². The van der Waals surface area contributed by atoms with Crippen molar-refractivity contribution in [3.05, 3.63) is 29.3 Å². The van der Waals surface area contributed by atoms with Crippen LogP contribution in [0.2, 0.25) is 0 Å². The molecule has 106 valence electrons. The number of aliphatic hydroxyl groups excluding tert-OH is 1. The number of hydrogen-bond donors (Lipinski definition) is 3. The third-order valence-electron chi connectivity index (χ3n) is 2.53. The summed E-state index contributed by atoms with van der Waals surface area (Å²) in [6.45, 7) is 1.88. The second-order valence-electron chi connectivity index (χ2n) is 4.23. The molecule has 0 radical (unpaired) electrons. The lowest BCUT2D eigenvalue weighted by atomic mass is 10.1. The summed E-state index contributed by atoms with van der Waals surface area (Å²) in [6.07, 6.45) is -4.58. The Balaban J connectivity index is 3.02. The van der Waals surface area contributed by atoms with Crippen molar-refractivity contribution in [1.82, 2.24) is 0 Å². The number of benzene rings is 1. The Kier molecular flexibility index (Phi) is 4.77. The second-order valence-corrected chi connectivity index (χ2v) is 4.23. The Hall–Kier alpha value is -1.76. The van der Waals surface area contributed by atoms with E-state index in [1.165, 1.54) is 0 Å². The van der Waals surface area contributed by atoms with Gasteiger partial charge in [-0.3, -0.25) is 0 Å². The lowest BCUT2D eigenvalue weighted by Crippen LogP contribution is -2.17. The van der Waals surface area contributed by atoms with Crippen LogP contribution in [0.3, 0.4) is 0 Å². The molecule has 1 aromatic rings. The van der Waals surface area contributed by atoms with E-state index >= 15 is 0 Å². The minimum absolute atomic E-state index is 0.0980. The van der Waals surface area contributed by atoms with Crippen LogP contribution >= 0.6 is 0 Å². The molecule has 3 N–H and O–H groups in total. The lowest BCUT2D eigenvalue weighted by molar-refractivity contribution is -0.137. The fourth-order valence-corrected chi connectivity index (χ4v) is 1.40. The maximum absolute atomic E-state index is 12.5. The first kappa shape index (κ1) is 15.3. The summed E-state index contributed by atoms with van der Waals surface area (Å²) in [5, 5.41) is 20.5. The van der Waals surface area contributed by atoms with Crippen LogP contribution in [-0.2, 0) is 6.18 Å². The average Bonchev–Trinajstić information content (AvgIpc) is 2.34. The molecule has 0 spiro atoms. The molecule has 7 heteroatoms. The van der Waals surface area contributed by atoms with Crippen LogP contribution in [0.15, 0.2) is 18.2 Å². The van der Waals surface area contributed by atoms with Gasteiger partial charge in [-0.15, -0.1) is 0 Å². The number of nitrogens with one attached hydrogen (secondary N) is 1. The monoisotopic (exact) mass is 277 g/mol. The number of hydrogen-bond acceptors (Lipinski definition) is 3. The molecule has 0 aliphatic rings. The maximum Gasteiger partial charge on any atom is 0.416 e. The SMILES string of the molecule is CC(CO)CNc1ccc(C(F)(F)F)cc1C(=O)O. The number of carbonyl (C=O) groups is 1. The van der Waals surface area contributed by atoms with E-state index in [0.29, 0.717) is 6.07 Å². The zero-order valence-corrected chi connectivity index (χ0v) is 10.2. The number of aliphatic hydroxyl groups is 1. The molecule has 1 aromatic carbocycles. The minimum atomic E-state index is -4.58. The Bertz CT molecular complexity index is 460. The van der Waals surface area contributed by atoms with Crippen molar-refractivity contribution in [2.75, 3.05) is 18.5 Å². The van der Waals surface area contributed by atoms with Gasteiger partial charge < -0.3 is 15.5 Å². The number of carboxylic acid groups (broad SMARTS) is 1. The van der Waals surface area contributed by atoms with Crippen molar-refractivity contribution in [2.45, 2.75) is 13.1 Å². The van der Waals surface area contributed by atoms with Gasteiger partial charge in [0.1, 0.15) is 0 Å². The van der Waals surface area contributed by atoms with Crippen molar-refractivity contribution in [2.24, 2.45) is 5.92 Å². The molecule has 0 fully saturated rings. The zero-order chi connectivity index (χ0) is 14.6. The normalized spacial score (nSPS) is 13.1. The molecule has 0 aliphatic carbocycles. The third kappa shape index (κ3) is 4.13. The van der Waals surface area contributed by atoms with Crippen molar-refractivity contribution in [1.29, 1.82) is 0 Å². The molecule has 0 aromatic heterocycles. The van der Waals surface area contributed by atoms with Gasteiger partial charge in [0.2, 0.25) is 0 Å². The van der Waals surface area contributed by atoms with E-state index in [1.54, 1.807) is 6.92 Å². The van der Waals surface area contributed by atoms with Crippen LogP contribution in [0.4, 0.5) is 18.9 Å². The summed E-state index contributed by atoms with van der Waals surface area (Å²) >= 11 is 0. The van der Waals surface area contributed by atoms with Gasteiger partial charge in [-0.1, -0.05) is 6.92 Å². The highest BCUT2D eigenvalue weighted by Gasteiger charge is 2.31. The Morgan fingerprint density at radius 3 is 2.53 bits per heavy atom. The Morgan fingerprint density at radius 1 is 1.42 bits per heavy atom. The van der Waals surface area contributed by atoms with E-state index < -0.39 is 23.3 Å². The van der Waals surface area contributed by atoms with Gasteiger partial charge in [-0.05, 0) is 24.1 Å². The minimum Gasteiger partial charge on any atom is -0.478 e. The van der Waals surface area contributed by atoms with Gasteiger partial charge >= 0.3 is 12.1 Å². The number of halogens is 3. The highest BCUT2D eigenvalue weighted by molar-refractivity contribution is 5.94. The summed E-state index contributed by atoms with van der Waals surface area (Å²) < 4.78 is 37.5. The molecule has 0 saturated heterocycles. The van der Waals surface area contributed by atoms with Crippen LogP contribution in [0.5, 0.6) is 0 Å². The Labute approximate surface area is 107 Å². The first-order valence-corrected chi connectivity index (χ1v) is 5.55. The molecular weight excluding hydrogens is 263 g/mol. The number of carboxylic acids is 1. The van der Waals surface area contributed by atoms with Gasteiger partial charge in [0.15, 0.2) is 0 Å². The molecule has 19 heavy (non-hydrogen) atoms. The van der Waals surface area contributed by atoms with Crippen molar-refractivity contribution in [3.8, 4) is 0 Å². The molecule has 0 amide bonds. The molecule has 0 bridgehead atoms. The van der Waals surface area contributed by atoms with Crippen LogP contribution in [-0.4, -0.2) is 29.3 Å². The molecule has 1 rings (SSSR count). The summed E-state index contributed by atoms with van der Waals surface area (Å²) in [5.41, 5.74) is -1.36. The molecule has 0 heterocycles. The highest BCUT2D eigenvalue weighted by atomic mass is 19.4. The summed E-state index contributed by atoms with van der Waals surface area (Å²) in [5.74, 6) is -1.57. The predicted molar refractivity (Wildman–Crippen MR) is 63.1 cm³/mol. The maximum atomic E-state index is 12.5. The molecule has 1 atom stereocenters. The van der Waals surface area contributed by atoms with Crippen molar-refractivity contribution >= 4 is 11.7 Å². The van der Waals surface area contributed by atoms with Crippen LogP contribution in [0.1, 0.15) is 22.8 Å². The summed E-state index contributed by atoms with van der Waals surface area (Å²) in [4.78, 5) is 11.0. The van der Waals surface area contributed by atoms with Crippen LogP contribution < -0.4 is 5.32 Å². The summed E-state index contributed by atoms with van der Waals surface area (Å²) in [6, 6.07) is 2.49. The Morgan fingerprint density at radius 2 is 2.05 bits per heavy atom. The molecule has 0 saturated carbocycles. The second kappa shape index (κ2) is 5.92.